The molecule has 10 rings (SSSR count). The number of hydrogen-bond acceptors (Lipinski definition) is 2. The molecular formula is C44H28N2O. The Bertz CT molecular complexity index is 2810. The first-order valence-electron chi connectivity index (χ1n) is 16.0. The van der Waals surface area contributed by atoms with Gasteiger partial charge in [-0.15, -0.1) is 0 Å². The highest BCUT2D eigenvalue weighted by Gasteiger charge is 2.22. The quantitative estimate of drug-likeness (QED) is 0.200. The summed E-state index contributed by atoms with van der Waals surface area (Å²) in [4.78, 5) is 2.40. The van der Waals surface area contributed by atoms with E-state index in [1.165, 1.54) is 43.4 Å². The van der Waals surface area contributed by atoms with Crippen LogP contribution in [0.1, 0.15) is 0 Å². The maximum atomic E-state index is 6.38. The molecule has 10 aromatic rings. The number of benzene rings is 8. The Morgan fingerprint density at radius 3 is 1.96 bits per heavy atom. The van der Waals surface area contributed by atoms with E-state index in [9.17, 15) is 0 Å². The van der Waals surface area contributed by atoms with E-state index in [0.29, 0.717) is 0 Å². The lowest BCUT2D eigenvalue weighted by Gasteiger charge is -2.27. The molecule has 0 atom stereocenters. The van der Waals surface area contributed by atoms with Crippen LogP contribution in [0.2, 0.25) is 0 Å². The molecule has 2 heterocycles. The Morgan fingerprint density at radius 1 is 0.404 bits per heavy atom. The Balaban J connectivity index is 1.32. The third-order valence-electron chi connectivity index (χ3n) is 9.52. The third kappa shape index (κ3) is 3.93. The van der Waals surface area contributed by atoms with Crippen LogP contribution in [0.4, 0.5) is 17.1 Å². The van der Waals surface area contributed by atoms with Gasteiger partial charge in [-0.3, -0.25) is 0 Å². The van der Waals surface area contributed by atoms with Crippen molar-refractivity contribution in [1.29, 1.82) is 0 Å². The normalized spacial score (nSPS) is 11.8. The van der Waals surface area contributed by atoms with Gasteiger partial charge in [-0.2, -0.15) is 0 Å². The molecule has 0 aliphatic carbocycles. The highest BCUT2D eigenvalue weighted by atomic mass is 16.3. The molecule has 0 N–H and O–H groups in total. The molecule has 0 radical (unpaired) electrons. The third-order valence-corrected chi connectivity index (χ3v) is 9.52. The van der Waals surface area contributed by atoms with Crippen LogP contribution in [0.15, 0.2) is 174 Å². The molecule has 0 fully saturated rings. The standard InChI is InChI=1S/C44H28N2O/c1-2-14-32(15-3-1)46-38-26-24-34(28-37(38)43-35-16-7-6-12-30(35)22-25-40(43)46)45(33-23-21-29-11-4-5-13-31(29)27-33)39-18-10-20-42-44(39)36-17-8-9-19-41(36)47-42/h1-28H. The summed E-state index contributed by atoms with van der Waals surface area (Å²) in [5.41, 5.74) is 8.56. The Labute approximate surface area is 271 Å². The summed E-state index contributed by atoms with van der Waals surface area (Å²) in [7, 11) is 0. The fourth-order valence-electron chi connectivity index (χ4n) is 7.46. The van der Waals surface area contributed by atoms with Crippen molar-refractivity contribution in [3.63, 3.8) is 0 Å². The molecule has 0 unspecified atom stereocenters. The van der Waals surface area contributed by atoms with Gasteiger partial charge in [0.05, 0.1) is 22.1 Å². The van der Waals surface area contributed by atoms with Gasteiger partial charge in [0.15, 0.2) is 0 Å². The number of furan rings is 1. The van der Waals surface area contributed by atoms with Crippen molar-refractivity contribution in [3.05, 3.63) is 170 Å². The number of rotatable bonds is 4. The van der Waals surface area contributed by atoms with Crippen molar-refractivity contribution in [2.45, 2.75) is 0 Å². The van der Waals surface area contributed by atoms with Crippen LogP contribution in [-0.2, 0) is 0 Å². The van der Waals surface area contributed by atoms with Crippen molar-refractivity contribution in [3.8, 4) is 5.69 Å². The van der Waals surface area contributed by atoms with Crippen LogP contribution in [0.25, 0.3) is 71.0 Å². The first-order chi connectivity index (χ1) is 23.3. The number of para-hydroxylation sites is 2. The summed E-state index contributed by atoms with van der Waals surface area (Å²) in [6, 6.07) is 60.8. The second-order valence-electron chi connectivity index (χ2n) is 12.2. The van der Waals surface area contributed by atoms with Crippen LogP contribution < -0.4 is 4.90 Å². The van der Waals surface area contributed by atoms with E-state index >= 15 is 0 Å². The minimum Gasteiger partial charge on any atom is -0.456 e. The highest BCUT2D eigenvalue weighted by molar-refractivity contribution is 6.22. The monoisotopic (exact) mass is 600 g/mol. The summed E-state index contributed by atoms with van der Waals surface area (Å²) >= 11 is 0. The average molecular weight is 601 g/mol. The van der Waals surface area contributed by atoms with Crippen molar-refractivity contribution >= 4 is 82.4 Å². The van der Waals surface area contributed by atoms with E-state index < -0.39 is 0 Å². The summed E-state index contributed by atoms with van der Waals surface area (Å²) in [5.74, 6) is 0. The summed E-state index contributed by atoms with van der Waals surface area (Å²) in [5, 5.41) is 9.59. The van der Waals surface area contributed by atoms with Crippen LogP contribution in [0, 0.1) is 0 Å². The highest BCUT2D eigenvalue weighted by Crippen LogP contribution is 2.45. The number of hydrogen-bond donors (Lipinski definition) is 0. The lowest BCUT2D eigenvalue weighted by Crippen LogP contribution is -2.10. The zero-order chi connectivity index (χ0) is 30.9. The minimum absolute atomic E-state index is 0.877. The fraction of sp³-hybridized carbons (Fsp3) is 0. The van der Waals surface area contributed by atoms with Crippen molar-refractivity contribution in [2.75, 3.05) is 4.90 Å². The molecule has 0 aliphatic rings. The van der Waals surface area contributed by atoms with Crippen molar-refractivity contribution < 1.29 is 4.42 Å². The van der Waals surface area contributed by atoms with E-state index in [1.807, 2.05) is 6.07 Å². The molecule has 47 heavy (non-hydrogen) atoms. The average Bonchev–Trinajstić information content (AvgIpc) is 3.68. The Morgan fingerprint density at radius 2 is 1.06 bits per heavy atom. The summed E-state index contributed by atoms with van der Waals surface area (Å²) < 4.78 is 8.78. The molecule has 0 saturated heterocycles. The molecule has 0 amide bonds. The van der Waals surface area contributed by atoms with Gasteiger partial charge in [-0.1, -0.05) is 103 Å². The van der Waals surface area contributed by atoms with Gasteiger partial charge in [0.25, 0.3) is 0 Å². The second-order valence-corrected chi connectivity index (χ2v) is 12.2. The molecule has 3 nitrogen and oxygen atoms in total. The van der Waals surface area contributed by atoms with E-state index in [2.05, 4.69) is 173 Å². The van der Waals surface area contributed by atoms with Crippen LogP contribution in [0.3, 0.4) is 0 Å². The first-order valence-corrected chi connectivity index (χ1v) is 16.0. The maximum absolute atomic E-state index is 6.38. The zero-order valence-electron chi connectivity index (χ0n) is 25.5. The smallest absolute Gasteiger partial charge is 0.137 e. The predicted molar refractivity (Wildman–Crippen MR) is 198 cm³/mol. The summed E-state index contributed by atoms with van der Waals surface area (Å²) in [6.07, 6.45) is 0. The molecular weight excluding hydrogens is 572 g/mol. The molecule has 220 valence electrons. The SMILES string of the molecule is c1ccc(-n2c3ccc(N(c4ccc5ccccc5c4)c4cccc5oc6ccccc6c45)cc3c3c4ccccc4ccc32)cc1. The zero-order valence-corrected chi connectivity index (χ0v) is 25.5. The minimum atomic E-state index is 0.877. The predicted octanol–water partition coefficient (Wildman–Crippen LogP) is 12.5. The van der Waals surface area contributed by atoms with Crippen molar-refractivity contribution in [1.82, 2.24) is 4.57 Å². The van der Waals surface area contributed by atoms with Gasteiger partial charge in [-0.05, 0) is 88.3 Å². The molecule has 0 aliphatic heterocycles. The molecule has 2 aromatic heterocycles. The van der Waals surface area contributed by atoms with E-state index in [0.717, 1.165) is 44.7 Å². The lowest BCUT2D eigenvalue weighted by atomic mass is 10.0. The first kappa shape index (κ1) is 26.0. The van der Waals surface area contributed by atoms with Gasteiger partial charge >= 0.3 is 0 Å². The Kier molecular flexibility index (Phi) is 5.57. The Hall–Kier alpha value is -6.32. The number of fused-ring (bicyclic) bond motifs is 9. The summed E-state index contributed by atoms with van der Waals surface area (Å²) in [6.45, 7) is 0. The molecule has 3 heteroatoms. The van der Waals surface area contributed by atoms with E-state index in [1.54, 1.807) is 0 Å². The van der Waals surface area contributed by atoms with E-state index in [-0.39, 0.29) is 0 Å². The van der Waals surface area contributed by atoms with Gasteiger partial charge in [0, 0.05) is 33.2 Å². The maximum Gasteiger partial charge on any atom is 0.137 e. The number of nitrogens with zero attached hydrogens (tertiary/aromatic N) is 2. The van der Waals surface area contributed by atoms with Gasteiger partial charge in [0.1, 0.15) is 11.2 Å². The fourth-order valence-corrected chi connectivity index (χ4v) is 7.46. The van der Waals surface area contributed by atoms with Gasteiger partial charge < -0.3 is 13.9 Å². The van der Waals surface area contributed by atoms with E-state index in [4.69, 9.17) is 4.42 Å². The van der Waals surface area contributed by atoms with Crippen LogP contribution in [0.5, 0.6) is 0 Å². The number of anilines is 3. The molecule has 0 bridgehead atoms. The second kappa shape index (κ2) is 10.1. The van der Waals surface area contributed by atoms with Crippen LogP contribution in [-0.4, -0.2) is 4.57 Å². The van der Waals surface area contributed by atoms with Gasteiger partial charge in [0.2, 0.25) is 0 Å². The molecule has 8 aromatic carbocycles. The van der Waals surface area contributed by atoms with Gasteiger partial charge in [-0.25, -0.2) is 0 Å². The molecule has 0 spiro atoms. The lowest BCUT2D eigenvalue weighted by molar-refractivity contribution is 0.669. The largest absolute Gasteiger partial charge is 0.456 e. The number of aromatic nitrogens is 1. The van der Waals surface area contributed by atoms with Crippen LogP contribution >= 0.6 is 0 Å². The topological polar surface area (TPSA) is 21.3 Å². The van der Waals surface area contributed by atoms with Crippen molar-refractivity contribution in [2.24, 2.45) is 0 Å². The molecule has 0 saturated carbocycles.